The van der Waals surface area contributed by atoms with E-state index < -0.39 is 12.1 Å². The first kappa shape index (κ1) is 27.6. The zero-order chi connectivity index (χ0) is 22.6. The van der Waals surface area contributed by atoms with Crippen molar-refractivity contribution in [3.05, 3.63) is 35.9 Å². The highest BCUT2D eigenvalue weighted by Crippen LogP contribution is 2.13. The number of rotatable bonds is 20. The zero-order valence-electron chi connectivity index (χ0n) is 19.9. The summed E-state index contributed by atoms with van der Waals surface area (Å²) >= 11 is 0. The van der Waals surface area contributed by atoms with Crippen LogP contribution in [0.15, 0.2) is 30.3 Å². The molecule has 1 unspecified atom stereocenters. The van der Waals surface area contributed by atoms with Gasteiger partial charge >= 0.3 is 0 Å². The van der Waals surface area contributed by atoms with E-state index in [1.807, 2.05) is 6.07 Å². The van der Waals surface area contributed by atoms with Gasteiger partial charge in [0.25, 0.3) is 0 Å². The highest BCUT2D eigenvalue weighted by molar-refractivity contribution is 5.76. The first-order valence-electron chi connectivity index (χ1n) is 12.8. The van der Waals surface area contributed by atoms with Gasteiger partial charge in [-0.05, 0) is 31.2 Å². The number of benzene rings is 1. The van der Waals surface area contributed by atoms with Gasteiger partial charge in [0.2, 0.25) is 5.91 Å². The maximum atomic E-state index is 12.2. The van der Waals surface area contributed by atoms with E-state index in [9.17, 15) is 15.0 Å². The van der Waals surface area contributed by atoms with Gasteiger partial charge in [-0.25, -0.2) is 0 Å². The smallest absolute Gasteiger partial charge is 0.220 e. The Morgan fingerprint density at radius 3 is 2.03 bits per heavy atom. The molecule has 4 heteroatoms. The van der Waals surface area contributed by atoms with Crippen LogP contribution in [-0.4, -0.2) is 34.9 Å². The van der Waals surface area contributed by atoms with Crippen molar-refractivity contribution in [2.45, 2.75) is 122 Å². The molecule has 31 heavy (non-hydrogen) atoms. The second kappa shape index (κ2) is 19.3. The molecule has 0 radical (unpaired) electrons. The Bertz CT molecular complexity index is 535. The van der Waals surface area contributed by atoms with Crippen molar-refractivity contribution in [1.82, 2.24) is 5.32 Å². The van der Waals surface area contributed by atoms with Crippen molar-refractivity contribution in [2.75, 3.05) is 6.61 Å². The lowest BCUT2D eigenvalue weighted by Gasteiger charge is -2.22. The molecule has 1 aromatic carbocycles. The first-order valence-corrected chi connectivity index (χ1v) is 12.8. The van der Waals surface area contributed by atoms with Crippen LogP contribution in [0.2, 0.25) is 0 Å². The van der Waals surface area contributed by atoms with Crippen LogP contribution in [0.3, 0.4) is 0 Å². The molecule has 2 atom stereocenters. The van der Waals surface area contributed by atoms with Crippen molar-refractivity contribution in [1.29, 1.82) is 0 Å². The van der Waals surface area contributed by atoms with Gasteiger partial charge in [0, 0.05) is 6.42 Å². The minimum atomic E-state index is -0.666. The molecule has 1 aromatic rings. The minimum Gasteiger partial charge on any atom is -0.394 e. The average Bonchev–Trinajstić information content (AvgIpc) is 2.79. The third kappa shape index (κ3) is 15.1. The van der Waals surface area contributed by atoms with Gasteiger partial charge in [-0.15, -0.1) is 0 Å². The maximum Gasteiger partial charge on any atom is 0.220 e. The van der Waals surface area contributed by atoms with E-state index in [0.717, 1.165) is 38.5 Å². The fourth-order valence-corrected chi connectivity index (χ4v) is 4.02. The number of unbranched alkanes of at least 4 members (excludes halogenated alkanes) is 11. The van der Waals surface area contributed by atoms with Crippen molar-refractivity contribution in [3.63, 3.8) is 0 Å². The third-order valence-electron chi connectivity index (χ3n) is 6.07. The predicted molar refractivity (Wildman–Crippen MR) is 130 cm³/mol. The summed E-state index contributed by atoms with van der Waals surface area (Å²) in [5.74, 6) is -0.0686. The van der Waals surface area contributed by atoms with Crippen LogP contribution in [0.1, 0.15) is 109 Å². The standard InChI is InChI=1S/C27H47NO3/c1-2-3-4-5-6-7-8-9-10-16-21-26(30)25(23-29)28-27(31)22-17-12-15-20-24-18-13-11-14-19-24/h11,13-14,18-19,25-26,29-30H,2-10,12,15-17,20-23H2,1H3,(H,28,31)/t25-,26?/m0/s1. The average molecular weight is 434 g/mol. The molecule has 0 saturated carbocycles. The molecule has 178 valence electrons. The number of nitrogens with one attached hydrogen (secondary N) is 1. The van der Waals surface area contributed by atoms with E-state index in [1.165, 1.54) is 56.9 Å². The molecule has 0 aliphatic carbocycles. The molecule has 0 bridgehead atoms. The van der Waals surface area contributed by atoms with Crippen molar-refractivity contribution in [3.8, 4) is 0 Å². The molecule has 0 spiro atoms. The Hall–Kier alpha value is -1.39. The Morgan fingerprint density at radius 1 is 0.839 bits per heavy atom. The van der Waals surface area contributed by atoms with Gasteiger partial charge in [0.05, 0.1) is 18.8 Å². The van der Waals surface area contributed by atoms with Crippen LogP contribution in [0.4, 0.5) is 0 Å². The number of amides is 1. The highest BCUT2D eigenvalue weighted by atomic mass is 16.3. The number of aryl methyl sites for hydroxylation is 1. The van der Waals surface area contributed by atoms with Gasteiger partial charge in [-0.1, -0.05) is 108 Å². The molecular formula is C27H47NO3. The third-order valence-corrected chi connectivity index (χ3v) is 6.07. The molecule has 1 rings (SSSR count). The molecule has 0 heterocycles. The number of aliphatic hydroxyl groups excluding tert-OH is 2. The Kier molecular flexibility index (Phi) is 17.2. The van der Waals surface area contributed by atoms with Crippen LogP contribution in [0.5, 0.6) is 0 Å². The second-order valence-electron chi connectivity index (χ2n) is 8.94. The minimum absolute atomic E-state index is 0.0686. The number of carbonyl (C=O) groups is 1. The lowest BCUT2D eigenvalue weighted by molar-refractivity contribution is -0.123. The second-order valence-corrected chi connectivity index (χ2v) is 8.94. The molecule has 0 aliphatic rings. The van der Waals surface area contributed by atoms with Gasteiger partial charge < -0.3 is 15.5 Å². The number of hydrogen-bond acceptors (Lipinski definition) is 3. The fourth-order valence-electron chi connectivity index (χ4n) is 4.02. The van der Waals surface area contributed by atoms with Gasteiger partial charge in [-0.2, -0.15) is 0 Å². The molecule has 0 aliphatic heterocycles. The first-order chi connectivity index (χ1) is 15.2. The molecule has 4 nitrogen and oxygen atoms in total. The van der Waals surface area contributed by atoms with E-state index in [2.05, 4.69) is 36.5 Å². The van der Waals surface area contributed by atoms with Crippen molar-refractivity contribution in [2.24, 2.45) is 0 Å². The molecule has 0 aromatic heterocycles. The largest absolute Gasteiger partial charge is 0.394 e. The normalized spacial score (nSPS) is 13.1. The molecule has 0 fully saturated rings. The summed E-state index contributed by atoms with van der Waals surface area (Å²) in [4.78, 5) is 12.2. The molecule has 1 amide bonds. The summed E-state index contributed by atoms with van der Waals surface area (Å²) in [5, 5.41) is 22.7. The number of aliphatic hydroxyl groups is 2. The highest BCUT2D eigenvalue weighted by Gasteiger charge is 2.19. The lowest BCUT2D eigenvalue weighted by atomic mass is 10.0. The predicted octanol–water partition coefficient (Wildman–Crippen LogP) is 5.94. The Labute approximate surface area is 190 Å². The van der Waals surface area contributed by atoms with E-state index in [-0.39, 0.29) is 12.5 Å². The van der Waals surface area contributed by atoms with E-state index in [4.69, 9.17) is 0 Å². The molecule has 3 N–H and O–H groups in total. The number of carbonyl (C=O) groups excluding carboxylic acids is 1. The van der Waals surface area contributed by atoms with Gasteiger partial charge in [-0.3, -0.25) is 4.79 Å². The van der Waals surface area contributed by atoms with Crippen molar-refractivity contribution >= 4 is 5.91 Å². The molecule has 0 saturated heterocycles. The topological polar surface area (TPSA) is 69.6 Å². The quantitative estimate of drug-likeness (QED) is 0.223. The van der Waals surface area contributed by atoms with Gasteiger partial charge in [0.15, 0.2) is 0 Å². The SMILES string of the molecule is CCCCCCCCCCCCC(O)[C@H](CO)NC(=O)CCCCCc1ccccc1. The van der Waals surface area contributed by atoms with Crippen molar-refractivity contribution < 1.29 is 15.0 Å². The summed E-state index contributed by atoms with van der Waals surface area (Å²) in [6.07, 6.45) is 17.0. The van der Waals surface area contributed by atoms with E-state index in [1.54, 1.807) is 0 Å². The van der Waals surface area contributed by atoms with E-state index in [0.29, 0.717) is 12.8 Å². The Morgan fingerprint density at radius 2 is 1.42 bits per heavy atom. The van der Waals surface area contributed by atoms with Crippen LogP contribution in [0.25, 0.3) is 0 Å². The Balaban J connectivity index is 2.03. The molecular weight excluding hydrogens is 386 g/mol. The van der Waals surface area contributed by atoms with Gasteiger partial charge in [0.1, 0.15) is 0 Å². The fraction of sp³-hybridized carbons (Fsp3) is 0.741. The zero-order valence-corrected chi connectivity index (χ0v) is 19.9. The van der Waals surface area contributed by atoms with Crippen LogP contribution in [0, 0.1) is 0 Å². The summed E-state index contributed by atoms with van der Waals surface area (Å²) in [6, 6.07) is 9.85. The maximum absolute atomic E-state index is 12.2. The summed E-state index contributed by atoms with van der Waals surface area (Å²) in [6.45, 7) is 2.04. The summed E-state index contributed by atoms with van der Waals surface area (Å²) in [5.41, 5.74) is 1.34. The van der Waals surface area contributed by atoms with Crippen LogP contribution < -0.4 is 5.32 Å². The van der Waals surface area contributed by atoms with Crippen LogP contribution >= 0.6 is 0 Å². The summed E-state index contributed by atoms with van der Waals surface area (Å²) < 4.78 is 0. The monoisotopic (exact) mass is 433 g/mol. The van der Waals surface area contributed by atoms with Crippen LogP contribution in [-0.2, 0) is 11.2 Å². The lowest BCUT2D eigenvalue weighted by Crippen LogP contribution is -2.45. The summed E-state index contributed by atoms with van der Waals surface area (Å²) in [7, 11) is 0. The number of hydrogen-bond donors (Lipinski definition) is 3. The van der Waals surface area contributed by atoms with E-state index >= 15 is 0 Å².